The maximum Gasteiger partial charge on any atom is 0.0461 e. The molecule has 3 heteroatoms. The van der Waals surface area contributed by atoms with E-state index >= 15 is 0 Å². The molecular weight excluding hydrogens is 210 g/mol. The quantitative estimate of drug-likeness (QED) is 0.722. The summed E-state index contributed by atoms with van der Waals surface area (Å²) < 4.78 is 0. The summed E-state index contributed by atoms with van der Waals surface area (Å²) in [6.45, 7) is 0. The zero-order valence-electron chi connectivity index (χ0n) is 9.17. The molecule has 0 aromatic carbocycles. The van der Waals surface area contributed by atoms with E-state index in [9.17, 15) is 0 Å². The fraction of sp³-hybridized carbons (Fsp3) is 0. The van der Waals surface area contributed by atoms with Gasteiger partial charge in [0.2, 0.25) is 0 Å². The van der Waals surface area contributed by atoms with Gasteiger partial charge >= 0.3 is 0 Å². The molecular formula is C14H11N3. The lowest BCUT2D eigenvalue weighted by molar-refractivity contribution is 1.31. The zero-order chi connectivity index (χ0) is 11.5. The van der Waals surface area contributed by atoms with Gasteiger partial charge in [0, 0.05) is 42.2 Å². The van der Waals surface area contributed by atoms with E-state index < -0.39 is 0 Å². The van der Waals surface area contributed by atoms with Crippen molar-refractivity contribution in [1.29, 1.82) is 0 Å². The summed E-state index contributed by atoms with van der Waals surface area (Å²) in [5.74, 6) is 0. The first-order chi connectivity index (χ1) is 8.43. The van der Waals surface area contributed by atoms with Crippen LogP contribution in [0.25, 0.3) is 22.4 Å². The van der Waals surface area contributed by atoms with Gasteiger partial charge in [-0.2, -0.15) is 0 Å². The Morgan fingerprint density at radius 1 is 0.706 bits per heavy atom. The van der Waals surface area contributed by atoms with Crippen LogP contribution in [-0.2, 0) is 0 Å². The molecule has 3 nitrogen and oxygen atoms in total. The Balaban J connectivity index is 1.99. The van der Waals surface area contributed by atoms with Gasteiger partial charge in [0.1, 0.15) is 0 Å². The van der Waals surface area contributed by atoms with Gasteiger partial charge in [-0.1, -0.05) is 0 Å². The average molecular weight is 221 g/mol. The van der Waals surface area contributed by atoms with Crippen LogP contribution < -0.4 is 0 Å². The van der Waals surface area contributed by atoms with E-state index in [4.69, 9.17) is 0 Å². The van der Waals surface area contributed by atoms with Gasteiger partial charge in [-0.25, -0.2) is 0 Å². The highest BCUT2D eigenvalue weighted by molar-refractivity contribution is 5.70. The zero-order valence-corrected chi connectivity index (χ0v) is 9.17. The van der Waals surface area contributed by atoms with Crippen LogP contribution >= 0.6 is 0 Å². The minimum absolute atomic E-state index is 1.10. The third kappa shape index (κ3) is 1.95. The summed E-state index contributed by atoms with van der Waals surface area (Å²) in [6.07, 6.45) is 9.19. The lowest BCUT2D eigenvalue weighted by Crippen LogP contribution is -1.76. The lowest BCUT2D eigenvalue weighted by Gasteiger charge is -1.96. The SMILES string of the molecule is c1cc(-c2c[nH]c(-c3ccncc3)c2)ccn1. The summed E-state index contributed by atoms with van der Waals surface area (Å²) in [5.41, 5.74) is 4.57. The third-order valence-corrected chi connectivity index (χ3v) is 2.69. The van der Waals surface area contributed by atoms with Crippen molar-refractivity contribution in [2.45, 2.75) is 0 Å². The number of pyridine rings is 2. The van der Waals surface area contributed by atoms with Crippen molar-refractivity contribution in [3.63, 3.8) is 0 Å². The van der Waals surface area contributed by atoms with E-state index in [0.29, 0.717) is 0 Å². The molecule has 1 N–H and O–H groups in total. The van der Waals surface area contributed by atoms with E-state index in [-0.39, 0.29) is 0 Å². The van der Waals surface area contributed by atoms with Gasteiger partial charge in [0.05, 0.1) is 0 Å². The summed E-state index contributed by atoms with van der Waals surface area (Å²) in [7, 11) is 0. The molecule has 3 aromatic rings. The van der Waals surface area contributed by atoms with E-state index in [2.05, 4.69) is 21.0 Å². The van der Waals surface area contributed by atoms with Gasteiger partial charge in [-0.3, -0.25) is 9.97 Å². The van der Waals surface area contributed by atoms with Crippen molar-refractivity contribution in [3.8, 4) is 22.4 Å². The number of hydrogen-bond donors (Lipinski definition) is 1. The first kappa shape index (κ1) is 9.78. The van der Waals surface area contributed by atoms with Crippen molar-refractivity contribution in [2.24, 2.45) is 0 Å². The minimum Gasteiger partial charge on any atom is -0.361 e. The van der Waals surface area contributed by atoms with E-state index in [1.54, 1.807) is 24.8 Å². The van der Waals surface area contributed by atoms with E-state index in [1.807, 2.05) is 30.5 Å². The maximum absolute atomic E-state index is 4.02. The highest BCUT2D eigenvalue weighted by Gasteiger charge is 2.03. The summed E-state index contributed by atoms with van der Waals surface area (Å²) in [6, 6.07) is 10.1. The number of aromatic nitrogens is 3. The van der Waals surface area contributed by atoms with Gasteiger partial charge < -0.3 is 4.98 Å². The summed E-state index contributed by atoms with van der Waals surface area (Å²) in [5, 5.41) is 0. The molecule has 0 aliphatic heterocycles. The van der Waals surface area contributed by atoms with Crippen molar-refractivity contribution >= 4 is 0 Å². The molecule has 82 valence electrons. The van der Waals surface area contributed by atoms with Crippen LogP contribution in [-0.4, -0.2) is 15.0 Å². The van der Waals surface area contributed by atoms with Crippen LogP contribution in [0, 0.1) is 0 Å². The number of rotatable bonds is 2. The molecule has 0 bridgehead atoms. The number of H-pyrrole nitrogens is 1. The van der Waals surface area contributed by atoms with Crippen LogP contribution in [0.2, 0.25) is 0 Å². The van der Waals surface area contributed by atoms with Gasteiger partial charge in [0.25, 0.3) is 0 Å². The normalized spacial score (nSPS) is 10.4. The second kappa shape index (κ2) is 4.22. The first-order valence-electron chi connectivity index (χ1n) is 5.43. The number of nitrogens with zero attached hydrogens (tertiary/aromatic N) is 2. The third-order valence-electron chi connectivity index (χ3n) is 2.69. The molecule has 17 heavy (non-hydrogen) atoms. The predicted molar refractivity (Wildman–Crippen MR) is 67.3 cm³/mol. The smallest absolute Gasteiger partial charge is 0.0461 e. The second-order valence-corrected chi connectivity index (χ2v) is 3.77. The Morgan fingerprint density at radius 3 is 1.94 bits per heavy atom. The summed E-state index contributed by atoms with van der Waals surface area (Å²) in [4.78, 5) is 11.3. The molecule has 3 aromatic heterocycles. The molecule has 0 fully saturated rings. The van der Waals surface area contributed by atoms with Crippen molar-refractivity contribution in [3.05, 3.63) is 61.3 Å². The van der Waals surface area contributed by atoms with Crippen molar-refractivity contribution in [1.82, 2.24) is 15.0 Å². The standard InChI is InChI=1S/C14H11N3/c1-5-15-6-2-11(1)13-9-14(17-10-13)12-3-7-16-8-4-12/h1-10,17H. The Bertz CT molecular complexity index is 546. The Labute approximate surface area is 99.2 Å². The average Bonchev–Trinajstić information content (AvgIpc) is 2.90. The molecule has 0 saturated heterocycles. The van der Waals surface area contributed by atoms with Gasteiger partial charge in [0.15, 0.2) is 0 Å². The molecule has 3 rings (SSSR count). The van der Waals surface area contributed by atoms with Crippen molar-refractivity contribution in [2.75, 3.05) is 0 Å². The topological polar surface area (TPSA) is 41.6 Å². The maximum atomic E-state index is 4.02. The Kier molecular flexibility index (Phi) is 2.43. The minimum atomic E-state index is 1.10. The highest BCUT2D eigenvalue weighted by atomic mass is 14.7. The lowest BCUT2D eigenvalue weighted by atomic mass is 10.1. The highest BCUT2D eigenvalue weighted by Crippen LogP contribution is 2.24. The summed E-state index contributed by atoms with van der Waals surface area (Å²) >= 11 is 0. The largest absolute Gasteiger partial charge is 0.361 e. The molecule has 0 unspecified atom stereocenters. The van der Waals surface area contributed by atoms with E-state index in [1.165, 1.54) is 5.56 Å². The van der Waals surface area contributed by atoms with Crippen LogP contribution in [0.1, 0.15) is 0 Å². The Hall–Kier alpha value is -2.42. The van der Waals surface area contributed by atoms with Crippen LogP contribution in [0.5, 0.6) is 0 Å². The fourth-order valence-electron chi connectivity index (χ4n) is 1.80. The van der Waals surface area contributed by atoms with Crippen molar-refractivity contribution < 1.29 is 0 Å². The van der Waals surface area contributed by atoms with E-state index in [0.717, 1.165) is 16.8 Å². The monoisotopic (exact) mass is 221 g/mol. The van der Waals surface area contributed by atoms with Crippen LogP contribution in [0.15, 0.2) is 61.3 Å². The van der Waals surface area contributed by atoms with Gasteiger partial charge in [-0.05, 0) is 41.5 Å². The van der Waals surface area contributed by atoms with Crippen LogP contribution in [0.3, 0.4) is 0 Å². The number of aromatic amines is 1. The molecule has 0 spiro atoms. The molecule has 3 heterocycles. The number of nitrogens with one attached hydrogen (secondary N) is 1. The molecule has 0 atom stereocenters. The molecule has 0 radical (unpaired) electrons. The first-order valence-corrected chi connectivity index (χ1v) is 5.43. The predicted octanol–water partition coefficient (Wildman–Crippen LogP) is 3.14. The fourth-order valence-corrected chi connectivity index (χ4v) is 1.80. The van der Waals surface area contributed by atoms with Crippen LogP contribution in [0.4, 0.5) is 0 Å². The number of hydrogen-bond acceptors (Lipinski definition) is 2. The molecule has 0 amide bonds. The second-order valence-electron chi connectivity index (χ2n) is 3.77. The molecule has 0 aliphatic rings. The Morgan fingerprint density at radius 2 is 1.29 bits per heavy atom. The van der Waals surface area contributed by atoms with Gasteiger partial charge in [-0.15, -0.1) is 0 Å². The molecule has 0 saturated carbocycles. The molecule has 0 aliphatic carbocycles.